The van der Waals surface area contributed by atoms with Crippen molar-refractivity contribution in [2.45, 2.75) is 6.54 Å². The molecule has 0 radical (unpaired) electrons. The van der Waals surface area contributed by atoms with E-state index >= 15 is 0 Å². The molecule has 0 bridgehead atoms. The molecule has 0 saturated heterocycles. The summed E-state index contributed by atoms with van der Waals surface area (Å²) in [5.41, 5.74) is -0.254. The highest BCUT2D eigenvalue weighted by atomic mass is 19.1. The zero-order chi connectivity index (χ0) is 14.7. The van der Waals surface area contributed by atoms with E-state index in [9.17, 15) is 18.4 Å². The van der Waals surface area contributed by atoms with E-state index in [-0.39, 0.29) is 11.4 Å². The summed E-state index contributed by atoms with van der Waals surface area (Å²) in [6, 6.07) is 3.98. The Hall–Kier alpha value is -2.77. The molecule has 6 nitrogen and oxygen atoms in total. The SMILES string of the molecule is O=C(O)Cn1nccc1C(=O)Nc1ccc(F)cc1F. The molecular formula is C12H9F2N3O3. The predicted octanol–water partition coefficient (Wildman–Crippen LogP) is 1.50. The standard InChI is InChI=1S/C12H9F2N3O3/c13-7-1-2-9(8(14)5-7)16-12(20)10-3-4-15-17(10)6-11(18)19/h1-5H,6H2,(H,16,20)(H,18,19). The summed E-state index contributed by atoms with van der Waals surface area (Å²) in [6.45, 7) is -0.498. The average molecular weight is 281 g/mol. The lowest BCUT2D eigenvalue weighted by Crippen LogP contribution is -2.21. The third-order valence-electron chi connectivity index (χ3n) is 2.41. The average Bonchev–Trinajstić information content (AvgIpc) is 2.80. The van der Waals surface area contributed by atoms with Crippen molar-refractivity contribution in [2.24, 2.45) is 0 Å². The van der Waals surface area contributed by atoms with Crippen LogP contribution in [0.4, 0.5) is 14.5 Å². The lowest BCUT2D eigenvalue weighted by Gasteiger charge is -2.07. The number of nitrogens with zero attached hydrogens (tertiary/aromatic N) is 2. The molecule has 0 spiro atoms. The highest BCUT2D eigenvalue weighted by Crippen LogP contribution is 2.16. The number of halogens is 2. The fourth-order valence-corrected chi connectivity index (χ4v) is 1.56. The van der Waals surface area contributed by atoms with E-state index in [0.29, 0.717) is 6.07 Å². The van der Waals surface area contributed by atoms with Crippen LogP contribution in [0, 0.1) is 11.6 Å². The number of aliphatic carboxylic acids is 1. The Morgan fingerprint density at radius 1 is 1.30 bits per heavy atom. The zero-order valence-corrected chi connectivity index (χ0v) is 10.0. The van der Waals surface area contributed by atoms with Gasteiger partial charge in [-0.05, 0) is 18.2 Å². The van der Waals surface area contributed by atoms with Crippen LogP contribution in [0.25, 0.3) is 0 Å². The Kier molecular flexibility index (Phi) is 3.74. The summed E-state index contributed by atoms with van der Waals surface area (Å²) in [4.78, 5) is 22.5. The summed E-state index contributed by atoms with van der Waals surface area (Å²) >= 11 is 0. The summed E-state index contributed by atoms with van der Waals surface area (Å²) in [6.07, 6.45) is 1.25. The van der Waals surface area contributed by atoms with Crippen molar-refractivity contribution in [1.82, 2.24) is 9.78 Å². The monoisotopic (exact) mass is 281 g/mol. The van der Waals surface area contributed by atoms with Crippen molar-refractivity contribution >= 4 is 17.6 Å². The number of anilines is 1. The molecule has 20 heavy (non-hydrogen) atoms. The van der Waals surface area contributed by atoms with E-state index in [2.05, 4.69) is 10.4 Å². The second-order valence-electron chi connectivity index (χ2n) is 3.85. The molecule has 1 amide bonds. The maximum atomic E-state index is 13.4. The Balaban J connectivity index is 2.20. The second-order valence-corrected chi connectivity index (χ2v) is 3.85. The van der Waals surface area contributed by atoms with E-state index < -0.39 is 30.1 Å². The van der Waals surface area contributed by atoms with E-state index in [4.69, 9.17) is 5.11 Å². The normalized spacial score (nSPS) is 10.3. The number of carboxylic acid groups (broad SMARTS) is 1. The number of rotatable bonds is 4. The number of hydrogen-bond donors (Lipinski definition) is 2. The first-order valence-electron chi connectivity index (χ1n) is 5.47. The molecule has 0 unspecified atom stereocenters. The lowest BCUT2D eigenvalue weighted by molar-refractivity contribution is -0.137. The van der Waals surface area contributed by atoms with Crippen LogP contribution in [-0.4, -0.2) is 26.8 Å². The first-order chi connectivity index (χ1) is 9.47. The molecular weight excluding hydrogens is 272 g/mol. The fourth-order valence-electron chi connectivity index (χ4n) is 1.56. The molecule has 0 saturated carbocycles. The van der Waals surface area contributed by atoms with Crippen molar-refractivity contribution < 1.29 is 23.5 Å². The number of carbonyl (C=O) groups excluding carboxylic acids is 1. The third-order valence-corrected chi connectivity index (χ3v) is 2.41. The molecule has 1 heterocycles. The van der Waals surface area contributed by atoms with E-state index in [1.165, 1.54) is 12.3 Å². The molecule has 2 aromatic rings. The van der Waals surface area contributed by atoms with Gasteiger partial charge in [0.2, 0.25) is 0 Å². The van der Waals surface area contributed by atoms with Crippen LogP contribution >= 0.6 is 0 Å². The molecule has 0 atom stereocenters. The molecule has 1 aromatic carbocycles. The minimum absolute atomic E-state index is 0.0453. The van der Waals surface area contributed by atoms with Gasteiger partial charge in [-0.3, -0.25) is 9.59 Å². The number of hydrogen-bond acceptors (Lipinski definition) is 3. The van der Waals surface area contributed by atoms with Crippen molar-refractivity contribution in [1.29, 1.82) is 0 Å². The van der Waals surface area contributed by atoms with Crippen molar-refractivity contribution in [2.75, 3.05) is 5.32 Å². The van der Waals surface area contributed by atoms with Crippen molar-refractivity contribution in [3.8, 4) is 0 Å². The molecule has 104 valence electrons. The topological polar surface area (TPSA) is 84.2 Å². The summed E-state index contributed by atoms with van der Waals surface area (Å²) in [5, 5.41) is 14.6. The molecule has 1 aromatic heterocycles. The van der Waals surface area contributed by atoms with Crippen molar-refractivity contribution in [3.63, 3.8) is 0 Å². The highest BCUT2D eigenvalue weighted by molar-refractivity contribution is 6.03. The van der Waals surface area contributed by atoms with Crippen LogP contribution in [0.1, 0.15) is 10.5 Å². The Morgan fingerprint density at radius 3 is 2.70 bits per heavy atom. The Labute approximate surface area is 111 Å². The molecule has 0 aliphatic carbocycles. The van der Waals surface area contributed by atoms with Gasteiger partial charge in [0.1, 0.15) is 23.9 Å². The van der Waals surface area contributed by atoms with Crippen LogP contribution in [0.2, 0.25) is 0 Å². The molecule has 0 aliphatic heterocycles. The summed E-state index contributed by atoms with van der Waals surface area (Å²) in [5.74, 6) is -3.61. The fraction of sp³-hybridized carbons (Fsp3) is 0.0833. The van der Waals surface area contributed by atoms with Gasteiger partial charge in [-0.1, -0.05) is 0 Å². The van der Waals surface area contributed by atoms with E-state index in [1.54, 1.807) is 0 Å². The number of carbonyl (C=O) groups is 2. The largest absolute Gasteiger partial charge is 0.480 e. The van der Waals surface area contributed by atoms with Gasteiger partial charge in [-0.25, -0.2) is 13.5 Å². The maximum Gasteiger partial charge on any atom is 0.325 e. The minimum Gasteiger partial charge on any atom is -0.480 e. The van der Waals surface area contributed by atoms with E-state index in [1.807, 2.05) is 0 Å². The molecule has 8 heteroatoms. The lowest BCUT2D eigenvalue weighted by atomic mass is 10.3. The maximum absolute atomic E-state index is 13.4. The molecule has 2 N–H and O–H groups in total. The van der Waals surface area contributed by atoms with Gasteiger partial charge in [0.15, 0.2) is 0 Å². The summed E-state index contributed by atoms with van der Waals surface area (Å²) < 4.78 is 27.1. The zero-order valence-electron chi connectivity index (χ0n) is 10.0. The molecule has 2 rings (SSSR count). The first kappa shape index (κ1) is 13.7. The second kappa shape index (κ2) is 5.47. The van der Waals surface area contributed by atoms with Crippen LogP contribution in [0.15, 0.2) is 30.5 Å². The summed E-state index contributed by atoms with van der Waals surface area (Å²) in [7, 11) is 0. The molecule has 0 aliphatic rings. The number of aromatic nitrogens is 2. The van der Waals surface area contributed by atoms with Crippen LogP contribution in [0.5, 0.6) is 0 Å². The molecule has 0 fully saturated rings. The van der Waals surface area contributed by atoms with Gasteiger partial charge in [-0.2, -0.15) is 5.10 Å². The highest BCUT2D eigenvalue weighted by Gasteiger charge is 2.15. The van der Waals surface area contributed by atoms with Gasteiger partial charge >= 0.3 is 5.97 Å². The van der Waals surface area contributed by atoms with Crippen LogP contribution in [0.3, 0.4) is 0 Å². The van der Waals surface area contributed by atoms with Gasteiger partial charge in [-0.15, -0.1) is 0 Å². The third kappa shape index (κ3) is 2.97. The van der Waals surface area contributed by atoms with E-state index in [0.717, 1.165) is 16.8 Å². The van der Waals surface area contributed by atoms with Gasteiger partial charge in [0.25, 0.3) is 5.91 Å². The van der Waals surface area contributed by atoms with Crippen LogP contribution < -0.4 is 5.32 Å². The minimum atomic E-state index is -1.17. The Morgan fingerprint density at radius 2 is 2.05 bits per heavy atom. The van der Waals surface area contributed by atoms with Crippen molar-refractivity contribution in [3.05, 3.63) is 47.8 Å². The van der Waals surface area contributed by atoms with Gasteiger partial charge in [0.05, 0.1) is 5.69 Å². The quantitative estimate of drug-likeness (QED) is 0.889. The Bertz CT molecular complexity index is 670. The number of amides is 1. The smallest absolute Gasteiger partial charge is 0.325 e. The number of benzene rings is 1. The van der Waals surface area contributed by atoms with Gasteiger partial charge in [0, 0.05) is 12.3 Å². The number of carboxylic acids is 1. The van der Waals surface area contributed by atoms with Crippen LogP contribution in [-0.2, 0) is 11.3 Å². The van der Waals surface area contributed by atoms with Gasteiger partial charge < -0.3 is 10.4 Å². The predicted molar refractivity (Wildman–Crippen MR) is 64.2 cm³/mol. The first-order valence-corrected chi connectivity index (χ1v) is 5.47. The number of nitrogens with one attached hydrogen (secondary N) is 1.